The molecule has 0 radical (unpaired) electrons. The number of hydrogen-bond donors (Lipinski definition) is 2. The number of nitro benzene ring substituents is 1. The van der Waals surface area contributed by atoms with Gasteiger partial charge in [-0.15, -0.1) is 0 Å². The Balaban J connectivity index is 2.20. The van der Waals surface area contributed by atoms with Crippen molar-refractivity contribution < 1.29 is 37.7 Å². The second-order valence-electron chi connectivity index (χ2n) is 8.90. The van der Waals surface area contributed by atoms with E-state index in [1.807, 2.05) is 6.92 Å². The number of phosphoric acid groups is 1. The molecule has 1 aromatic rings. The van der Waals surface area contributed by atoms with Gasteiger partial charge in [-0.2, -0.15) is 0 Å². The molecule has 2 N–H and O–H groups in total. The third-order valence-corrected chi connectivity index (χ3v) is 10.5. The molecule has 1 aliphatic rings. The summed E-state index contributed by atoms with van der Waals surface area (Å²) in [7, 11) is -6.91. The second-order valence-corrected chi connectivity index (χ2v) is 14.9. The number of non-ortho nitro benzene ring substituents is 1. The van der Waals surface area contributed by atoms with E-state index in [-0.39, 0.29) is 23.3 Å². The van der Waals surface area contributed by atoms with E-state index >= 15 is 0 Å². The van der Waals surface area contributed by atoms with Crippen molar-refractivity contribution in [2.45, 2.75) is 64.3 Å². The van der Waals surface area contributed by atoms with Gasteiger partial charge in [0, 0.05) is 18.1 Å². The van der Waals surface area contributed by atoms with Crippen LogP contribution in [0.1, 0.15) is 27.7 Å². The average Bonchev–Trinajstić information content (AvgIpc) is 2.87. The highest BCUT2D eigenvalue weighted by molar-refractivity contribution is 7.46. The van der Waals surface area contributed by atoms with Crippen LogP contribution in [0, 0.1) is 16.0 Å². The van der Waals surface area contributed by atoms with Crippen molar-refractivity contribution in [2.75, 3.05) is 6.61 Å². The minimum Gasteiger partial charge on any atom is -0.465 e. The van der Waals surface area contributed by atoms with Crippen molar-refractivity contribution in [3.05, 3.63) is 34.4 Å². The van der Waals surface area contributed by atoms with Crippen LogP contribution in [-0.4, -0.2) is 48.1 Å². The summed E-state index contributed by atoms with van der Waals surface area (Å²) in [5, 5.41) is 10.7. The Labute approximate surface area is 177 Å². The van der Waals surface area contributed by atoms with Crippen molar-refractivity contribution in [1.82, 2.24) is 0 Å². The Morgan fingerprint density at radius 2 is 1.80 bits per heavy atom. The zero-order valence-electron chi connectivity index (χ0n) is 18.0. The molecule has 0 amide bonds. The maximum Gasteiger partial charge on any atom is 0.469 e. The van der Waals surface area contributed by atoms with Crippen LogP contribution in [0.4, 0.5) is 5.69 Å². The summed E-state index contributed by atoms with van der Waals surface area (Å²) in [6.07, 6.45) is -2.02. The summed E-state index contributed by atoms with van der Waals surface area (Å²) >= 11 is 0. The number of benzene rings is 1. The van der Waals surface area contributed by atoms with E-state index in [1.165, 1.54) is 24.3 Å². The summed E-state index contributed by atoms with van der Waals surface area (Å²) in [4.78, 5) is 28.5. The molecule has 2 rings (SSSR count). The van der Waals surface area contributed by atoms with E-state index in [0.717, 1.165) is 0 Å². The molecule has 1 fully saturated rings. The third-order valence-electron chi connectivity index (χ3n) is 5.57. The fourth-order valence-electron chi connectivity index (χ4n) is 2.79. The minimum atomic E-state index is -4.68. The Hall–Kier alpha value is -1.33. The number of rotatable bonds is 8. The van der Waals surface area contributed by atoms with Crippen LogP contribution >= 0.6 is 7.82 Å². The lowest BCUT2D eigenvalue weighted by molar-refractivity contribution is -0.384. The van der Waals surface area contributed by atoms with Gasteiger partial charge in [0.2, 0.25) is 6.29 Å². The van der Waals surface area contributed by atoms with Crippen molar-refractivity contribution in [2.24, 2.45) is 5.92 Å². The first-order valence-corrected chi connectivity index (χ1v) is 14.0. The van der Waals surface area contributed by atoms with Crippen molar-refractivity contribution in [3.63, 3.8) is 0 Å². The fourth-order valence-corrected chi connectivity index (χ4v) is 4.53. The highest BCUT2D eigenvalue weighted by Crippen LogP contribution is 2.43. The lowest BCUT2D eigenvalue weighted by Gasteiger charge is -2.40. The predicted molar refractivity (Wildman–Crippen MR) is 112 cm³/mol. The van der Waals surface area contributed by atoms with E-state index in [0.29, 0.717) is 5.75 Å². The van der Waals surface area contributed by atoms with Gasteiger partial charge in [-0.05, 0) is 30.3 Å². The molecule has 1 saturated heterocycles. The third kappa shape index (κ3) is 6.33. The molecule has 1 aromatic carbocycles. The topological polar surface area (TPSA) is 138 Å². The second kappa shape index (κ2) is 9.03. The van der Waals surface area contributed by atoms with Gasteiger partial charge in [0.15, 0.2) is 8.32 Å². The van der Waals surface area contributed by atoms with Crippen molar-refractivity contribution in [3.8, 4) is 5.75 Å². The van der Waals surface area contributed by atoms with Gasteiger partial charge < -0.3 is 23.7 Å². The Morgan fingerprint density at radius 1 is 1.23 bits per heavy atom. The maximum atomic E-state index is 11.2. The van der Waals surface area contributed by atoms with Crippen LogP contribution < -0.4 is 4.74 Å². The lowest BCUT2D eigenvalue weighted by atomic mass is 10.0. The van der Waals surface area contributed by atoms with Gasteiger partial charge in [0.05, 0.1) is 17.6 Å². The molecule has 0 spiro atoms. The normalized spacial score (nSPS) is 25.3. The molecule has 0 aromatic heterocycles. The van der Waals surface area contributed by atoms with Crippen LogP contribution in [0.15, 0.2) is 24.3 Å². The average molecular weight is 463 g/mol. The van der Waals surface area contributed by atoms with Crippen molar-refractivity contribution in [1.29, 1.82) is 0 Å². The number of phosphoric ester groups is 1. The Morgan fingerprint density at radius 3 is 2.27 bits per heavy atom. The Bertz CT molecular complexity index is 790. The molecule has 1 heterocycles. The lowest BCUT2D eigenvalue weighted by Crippen LogP contribution is -2.48. The monoisotopic (exact) mass is 463 g/mol. The molecule has 0 saturated carbocycles. The fraction of sp³-hybridized carbons (Fsp3) is 0.667. The van der Waals surface area contributed by atoms with Gasteiger partial charge in [0.25, 0.3) is 5.69 Å². The van der Waals surface area contributed by atoms with E-state index < -0.39 is 39.6 Å². The summed E-state index contributed by atoms with van der Waals surface area (Å²) in [6, 6.07) is 5.59. The molecule has 4 atom stereocenters. The standard InChI is InChI=1S/C18H30NO9PSi/c1-12-16(28-30(5,6)18(2,3)4)15(11-25-29(22,23)24)27-17(12)26-14-9-7-13(8-10-14)19(20)21/h7-10,12,15-17H,11H2,1-6H3,(H2,22,23,24)/t12-,15-,16+,17+/m1/s1. The minimum absolute atomic E-state index is 0.0604. The molecule has 0 bridgehead atoms. The molecule has 12 heteroatoms. The summed E-state index contributed by atoms with van der Waals surface area (Å²) in [5.41, 5.74) is -0.0604. The SMILES string of the molecule is C[C@H]1[C@@H](Oc2ccc([N+](=O)[O-])cc2)O[C@H](COP(=O)(O)O)[C@H]1O[Si](C)(C)C(C)(C)C. The summed E-state index contributed by atoms with van der Waals surface area (Å²) in [6.45, 7) is 11.9. The molecular formula is C18H30NO9PSi. The van der Waals surface area contributed by atoms with E-state index in [1.54, 1.807) is 0 Å². The van der Waals surface area contributed by atoms with Gasteiger partial charge >= 0.3 is 7.82 Å². The molecule has 1 aliphatic heterocycles. The summed E-state index contributed by atoms with van der Waals surface area (Å²) in [5.74, 6) is 0.0970. The van der Waals surface area contributed by atoms with E-state index in [2.05, 4.69) is 38.4 Å². The number of nitro groups is 1. The van der Waals surface area contributed by atoms with E-state index in [4.69, 9.17) is 23.7 Å². The maximum absolute atomic E-state index is 11.2. The first-order chi connectivity index (χ1) is 13.6. The van der Waals surface area contributed by atoms with Gasteiger partial charge in [0.1, 0.15) is 11.9 Å². The molecule has 10 nitrogen and oxygen atoms in total. The van der Waals surface area contributed by atoms with E-state index in [9.17, 15) is 14.7 Å². The van der Waals surface area contributed by atoms with Gasteiger partial charge in [-0.1, -0.05) is 27.7 Å². The van der Waals surface area contributed by atoms with Crippen LogP contribution in [0.3, 0.4) is 0 Å². The first-order valence-electron chi connectivity index (χ1n) is 9.55. The molecular weight excluding hydrogens is 433 g/mol. The van der Waals surface area contributed by atoms with Crippen molar-refractivity contribution >= 4 is 21.8 Å². The van der Waals surface area contributed by atoms with Crippen LogP contribution in [-0.2, 0) is 18.3 Å². The number of nitrogens with zero attached hydrogens (tertiary/aromatic N) is 1. The zero-order chi connectivity index (χ0) is 22.9. The Kier molecular flexibility index (Phi) is 7.51. The predicted octanol–water partition coefficient (Wildman–Crippen LogP) is 3.83. The molecule has 170 valence electrons. The molecule has 30 heavy (non-hydrogen) atoms. The summed E-state index contributed by atoms with van der Waals surface area (Å²) < 4.78 is 34.1. The zero-order valence-corrected chi connectivity index (χ0v) is 19.9. The highest BCUT2D eigenvalue weighted by atomic mass is 31.2. The highest BCUT2D eigenvalue weighted by Gasteiger charge is 2.49. The van der Waals surface area contributed by atoms with Gasteiger partial charge in [-0.3, -0.25) is 14.6 Å². The number of hydrogen-bond acceptors (Lipinski definition) is 7. The number of ether oxygens (including phenoxy) is 2. The molecule has 0 aliphatic carbocycles. The quantitative estimate of drug-likeness (QED) is 0.255. The van der Waals surface area contributed by atoms with Crippen LogP contribution in [0.2, 0.25) is 18.1 Å². The smallest absolute Gasteiger partial charge is 0.465 e. The van der Waals surface area contributed by atoms with Crippen LogP contribution in [0.25, 0.3) is 0 Å². The molecule has 0 unspecified atom stereocenters. The first kappa shape index (κ1) is 24.9. The van der Waals surface area contributed by atoms with Crippen LogP contribution in [0.5, 0.6) is 5.75 Å². The largest absolute Gasteiger partial charge is 0.469 e. The van der Waals surface area contributed by atoms with Gasteiger partial charge in [-0.25, -0.2) is 4.57 Å².